The summed E-state index contributed by atoms with van der Waals surface area (Å²) in [4.78, 5) is 0. The van der Waals surface area contributed by atoms with E-state index in [9.17, 15) is 0 Å². The van der Waals surface area contributed by atoms with Gasteiger partial charge in [0.1, 0.15) is 0 Å². The van der Waals surface area contributed by atoms with Gasteiger partial charge in [-0.3, -0.25) is 0 Å². The second-order valence-corrected chi connectivity index (χ2v) is 5.22. The molecule has 3 aromatic rings. The first-order valence-corrected chi connectivity index (χ1v) is 7.01. The van der Waals surface area contributed by atoms with E-state index in [0.29, 0.717) is 6.04 Å². The molecule has 2 aromatic heterocycles. The molecule has 0 amide bonds. The normalized spacial score (nSPS) is 11.2. The number of rotatable bonds is 5. The highest BCUT2D eigenvalue weighted by molar-refractivity contribution is 5.59. The molecule has 0 fully saturated rings. The lowest BCUT2D eigenvalue weighted by Gasteiger charge is -2.06. The number of nitrogens with zero attached hydrogens (tertiary/aromatic N) is 3. The SMILES string of the molecule is CC(C)NCc1cnoc1-c1cnn(-c2ccccc2)c1. The highest BCUT2D eigenvalue weighted by Gasteiger charge is 2.13. The molecule has 3 rings (SSSR count). The number of hydrogen-bond acceptors (Lipinski definition) is 4. The van der Waals surface area contributed by atoms with Crippen molar-refractivity contribution in [3.05, 3.63) is 54.5 Å². The maximum atomic E-state index is 5.39. The highest BCUT2D eigenvalue weighted by atomic mass is 16.5. The Hall–Kier alpha value is -2.40. The summed E-state index contributed by atoms with van der Waals surface area (Å²) in [6.45, 7) is 4.95. The zero-order valence-corrected chi connectivity index (χ0v) is 12.2. The van der Waals surface area contributed by atoms with Crippen LogP contribution in [0.2, 0.25) is 0 Å². The predicted octanol–water partition coefficient (Wildman–Crippen LogP) is 3.03. The van der Waals surface area contributed by atoms with Crippen LogP contribution >= 0.6 is 0 Å². The fraction of sp³-hybridized carbons (Fsp3) is 0.250. The van der Waals surface area contributed by atoms with Gasteiger partial charge in [0.2, 0.25) is 0 Å². The third kappa shape index (κ3) is 3.03. The minimum atomic E-state index is 0.416. The lowest BCUT2D eigenvalue weighted by Crippen LogP contribution is -2.21. The van der Waals surface area contributed by atoms with Crippen molar-refractivity contribution in [2.45, 2.75) is 26.4 Å². The van der Waals surface area contributed by atoms with E-state index in [4.69, 9.17) is 4.52 Å². The Morgan fingerprint density at radius 1 is 1.19 bits per heavy atom. The van der Waals surface area contributed by atoms with Gasteiger partial charge in [0.05, 0.1) is 23.6 Å². The Kier molecular flexibility index (Phi) is 3.83. The number of nitrogens with one attached hydrogen (secondary N) is 1. The van der Waals surface area contributed by atoms with Crippen LogP contribution in [0.4, 0.5) is 0 Å². The Morgan fingerprint density at radius 3 is 2.76 bits per heavy atom. The van der Waals surface area contributed by atoms with Gasteiger partial charge >= 0.3 is 0 Å². The molecule has 2 heterocycles. The molecule has 1 aromatic carbocycles. The molecule has 0 bridgehead atoms. The summed E-state index contributed by atoms with van der Waals surface area (Å²) in [5.41, 5.74) is 2.98. The van der Waals surface area contributed by atoms with Crippen LogP contribution in [0.1, 0.15) is 19.4 Å². The van der Waals surface area contributed by atoms with Crippen molar-refractivity contribution in [3.8, 4) is 17.0 Å². The average Bonchev–Trinajstić information content (AvgIpc) is 3.14. The molecule has 0 saturated carbocycles. The van der Waals surface area contributed by atoms with Gasteiger partial charge in [-0.2, -0.15) is 5.10 Å². The first-order valence-electron chi connectivity index (χ1n) is 7.01. The molecule has 5 heteroatoms. The van der Waals surface area contributed by atoms with Crippen molar-refractivity contribution in [2.75, 3.05) is 0 Å². The summed E-state index contributed by atoms with van der Waals surface area (Å²) >= 11 is 0. The number of aromatic nitrogens is 3. The Labute approximate surface area is 123 Å². The topological polar surface area (TPSA) is 55.9 Å². The molecule has 0 spiro atoms. The van der Waals surface area contributed by atoms with E-state index in [-0.39, 0.29) is 0 Å². The zero-order chi connectivity index (χ0) is 14.7. The molecule has 0 aliphatic carbocycles. The van der Waals surface area contributed by atoms with Gasteiger partial charge in [-0.05, 0) is 12.1 Å². The van der Waals surface area contributed by atoms with E-state index in [1.807, 2.05) is 41.2 Å². The zero-order valence-electron chi connectivity index (χ0n) is 12.2. The predicted molar refractivity (Wildman–Crippen MR) is 81.0 cm³/mol. The molecular formula is C16H18N4O. The minimum Gasteiger partial charge on any atom is -0.356 e. The third-order valence-electron chi connectivity index (χ3n) is 3.21. The molecule has 0 saturated heterocycles. The number of benzene rings is 1. The molecule has 0 atom stereocenters. The summed E-state index contributed by atoms with van der Waals surface area (Å²) in [6, 6.07) is 10.4. The van der Waals surface area contributed by atoms with Gasteiger partial charge in [0.25, 0.3) is 0 Å². The van der Waals surface area contributed by atoms with Gasteiger partial charge in [-0.15, -0.1) is 0 Å². The van der Waals surface area contributed by atoms with Crippen LogP contribution in [0.15, 0.2) is 53.4 Å². The van der Waals surface area contributed by atoms with Crippen LogP contribution in [0.3, 0.4) is 0 Å². The molecule has 0 aliphatic heterocycles. The molecule has 1 N–H and O–H groups in total. The Bertz CT molecular complexity index is 700. The Morgan fingerprint density at radius 2 is 2.00 bits per heavy atom. The first-order chi connectivity index (χ1) is 10.2. The monoisotopic (exact) mass is 282 g/mol. The van der Waals surface area contributed by atoms with Crippen molar-refractivity contribution in [3.63, 3.8) is 0 Å². The molecular weight excluding hydrogens is 264 g/mol. The first kappa shape index (κ1) is 13.6. The van der Waals surface area contributed by atoms with Gasteiger partial charge in [0, 0.05) is 24.3 Å². The largest absolute Gasteiger partial charge is 0.356 e. The van der Waals surface area contributed by atoms with Crippen molar-refractivity contribution in [1.82, 2.24) is 20.3 Å². The fourth-order valence-corrected chi connectivity index (χ4v) is 2.10. The van der Waals surface area contributed by atoms with Crippen molar-refractivity contribution in [1.29, 1.82) is 0 Å². The van der Waals surface area contributed by atoms with Gasteiger partial charge < -0.3 is 9.84 Å². The van der Waals surface area contributed by atoms with Crippen LogP contribution in [-0.2, 0) is 6.54 Å². The number of para-hydroxylation sites is 1. The summed E-state index contributed by atoms with van der Waals surface area (Å²) in [5, 5.41) is 11.7. The van der Waals surface area contributed by atoms with Crippen LogP contribution in [0.25, 0.3) is 17.0 Å². The number of hydrogen-bond donors (Lipinski definition) is 1. The molecule has 0 unspecified atom stereocenters. The third-order valence-corrected chi connectivity index (χ3v) is 3.21. The maximum absolute atomic E-state index is 5.39. The Balaban J connectivity index is 1.85. The van der Waals surface area contributed by atoms with E-state index < -0.39 is 0 Å². The maximum Gasteiger partial charge on any atom is 0.174 e. The average molecular weight is 282 g/mol. The summed E-state index contributed by atoms with van der Waals surface area (Å²) in [5.74, 6) is 0.769. The van der Waals surface area contributed by atoms with Crippen LogP contribution in [-0.4, -0.2) is 21.0 Å². The summed E-state index contributed by atoms with van der Waals surface area (Å²) < 4.78 is 7.22. The molecule has 0 aliphatic rings. The van der Waals surface area contributed by atoms with Crippen molar-refractivity contribution in [2.24, 2.45) is 0 Å². The van der Waals surface area contributed by atoms with E-state index in [1.54, 1.807) is 12.4 Å². The van der Waals surface area contributed by atoms with Crippen LogP contribution in [0, 0.1) is 0 Å². The van der Waals surface area contributed by atoms with E-state index >= 15 is 0 Å². The van der Waals surface area contributed by atoms with E-state index in [1.165, 1.54) is 0 Å². The van der Waals surface area contributed by atoms with Gasteiger partial charge in [-0.25, -0.2) is 4.68 Å². The molecule has 5 nitrogen and oxygen atoms in total. The van der Waals surface area contributed by atoms with E-state index in [2.05, 4.69) is 29.4 Å². The molecule has 21 heavy (non-hydrogen) atoms. The van der Waals surface area contributed by atoms with Crippen molar-refractivity contribution >= 4 is 0 Å². The lowest BCUT2D eigenvalue weighted by atomic mass is 10.1. The standard InChI is InChI=1S/C16H18N4O/c1-12(2)17-8-13-10-19-21-16(13)14-9-18-20(11-14)15-6-4-3-5-7-15/h3-7,9-12,17H,8H2,1-2H3. The quantitative estimate of drug-likeness (QED) is 0.781. The fourth-order valence-electron chi connectivity index (χ4n) is 2.10. The van der Waals surface area contributed by atoms with E-state index in [0.717, 1.165) is 29.1 Å². The van der Waals surface area contributed by atoms with Gasteiger partial charge in [-0.1, -0.05) is 37.2 Å². The molecule has 0 radical (unpaired) electrons. The minimum absolute atomic E-state index is 0.416. The second-order valence-electron chi connectivity index (χ2n) is 5.22. The summed E-state index contributed by atoms with van der Waals surface area (Å²) in [7, 11) is 0. The second kappa shape index (κ2) is 5.93. The van der Waals surface area contributed by atoms with Crippen LogP contribution < -0.4 is 5.32 Å². The highest BCUT2D eigenvalue weighted by Crippen LogP contribution is 2.24. The lowest BCUT2D eigenvalue weighted by molar-refractivity contribution is 0.431. The summed E-state index contributed by atoms with van der Waals surface area (Å²) in [6.07, 6.45) is 5.51. The van der Waals surface area contributed by atoms with Crippen molar-refractivity contribution < 1.29 is 4.52 Å². The molecule has 108 valence electrons. The smallest absolute Gasteiger partial charge is 0.174 e. The van der Waals surface area contributed by atoms with Gasteiger partial charge in [0.15, 0.2) is 5.76 Å². The van der Waals surface area contributed by atoms with Crippen LogP contribution in [0.5, 0.6) is 0 Å².